The molecule has 0 fully saturated rings. The third-order valence-electron chi connectivity index (χ3n) is 2.28. The average Bonchev–Trinajstić information content (AvgIpc) is 2.29. The van der Waals surface area contributed by atoms with Crippen molar-refractivity contribution in [2.45, 2.75) is 38.8 Å². The predicted molar refractivity (Wildman–Crippen MR) is 59.3 cm³/mol. The number of rotatable bonds is 6. The Hall–Kier alpha value is -1.00. The Morgan fingerprint density at radius 3 is 2.73 bits per heavy atom. The minimum absolute atomic E-state index is 0.0386. The van der Waals surface area contributed by atoms with Crippen molar-refractivity contribution in [2.75, 3.05) is 6.61 Å². The van der Waals surface area contributed by atoms with Crippen molar-refractivity contribution in [2.24, 2.45) is 5.73 Å². The highest BCUT2D eigenvalue weighted by Crippen LogP contribution is 2.17. The lowest BCUT2D eigenvalue weighted by Gasteiger charge is -2.22. The monoisotopic (exact) mass is 209 g/mol. The quantitative estimate of drug-likeness (QED) is 0.774. The molecule has 15 heavy (non-hydrogen) atoms. The number of nitrogens with zero attached hydrogens (tertiary/aromatic N) is 2. The number of aromatic nitrogens is 2. The van der Waals surface area contributed by atoms with E-state index in [1.165, 1.54) is 0 Å². The van der Waals surface area contributed by atoms with Gasteiger partial charge < -0.3 is 10.5 Å². The smallest absolute Gasteiger partial charge is 0.0783 e. The Morgan fingerprint density at radius 2 is 2.20 bits per heavy atom. The van der Waals surface area contributed by atoms with Crippen LogP contribution in [-0.2, 0) is 4.74 Å². The second kappa shape index (κ2) is 6.48. The van der Waals surface area contributed by atoms with Crippen LogP contribution in [0.25, 0.3) is 0 Å². The predicted octanol–water partition coefficient (Wildman–Crippen LogP) is 1.68. The van der Waals surface area contributed by atoms with Crippen molar-refractivity contribution in [3.8, 4) is 0 Å². The first-order chi connectivity index (χ1) is 7.29. The molecule has 0 aliphatic heterocycles. The third-order valence-corrected chi connectivity index (χ3v) is 2.28. The maximum atomic E-state index is 6.08. The van der Waals surface area contributed by atoms with E-state index in [4.69, 9.17) is 10.5 Å². The fraction of sp³-hybridized carbons (Fsp3) is 0.636. The molecule has 2 unspecified atom stereocenters. The van der Waals surface area contributed by atoms with Gasteiger partial charge in [0.25, 0.3) is 0 Å². The van der Waals surface area contributed by atoms with Gasteiger partial charge in [-0.3, -0.25) is 9.97 Å². The number of ether oxygens (including phenoxy) is 1. The molecule has 2 atom stereocenters. The average molecular weight is 209 g/mol. The molecule has 4 nitrogen and oxygen atoms in total. The Labute approximate surface area is 90.9 Å². The Kier molecular flexibility index (Phi) is 5.21. The summed E-state index contributed by atoms with van der Waals surface area (Å²) < 4.78 is 5.61. The van der Waals surface area contributed by atoms with Crippen LogP contribution in [0.2, 0.25) is 0 Å². The molecular formula is C11H19N3O. The molecule has 84 valence electrons. The summed E-state index contributed by atoms with van der Waals surface area (Å²) in [6, 6.07) is -0.182. The van der Waals surface area contributed by atoms with Crippen LogP contribution < -0.4 is 5.73 Å². The maximum absolute atomic E-state index is 6.08. The third kappa shape index (κ3) is 3.57. The zero-order valence-electron chi connectivity index (χ0n) is 9.39. The summed E-state index contributed by atoms with van der Waals surface area (Å²) in [4.78, 5) is 8.21. The maximum Gasteiger partial charge on any atom is 0.0783 e. The van der Waals surface area contributed by atoms with E-state index in [1.54, 1.807) is 18.6 Å². The largest absolute Gasteiger partial charge is 0.376 e. The molecule has 0 bridgehead atoms. The number of hydrogen-bond donors (Lipinski definition) is 1. The van der Waals surface area contributed by atoms with Gasteiger partial charge in [0.1, 0.15) is 0 Å². The molecule has 1 rings (SSSR count). The summed E-state index contributed by atoms with van der Waals surface area (Å²) in [6.07, 6.45) is 7.04. The van der Waals surface area contributed by atoms with Crippen LogP contribution in [0.3, 0.4) is 0 Å². The lowest BCUT2D eigenvalue weighted by molar-refractivity contribution is 0.0364. The Bertz CT molecular complexity index is 260. The van der Waals surface area contributed by atoms with E-state index in [9.17, 15) is 0 Å². The molecule has 0 amide bonds. The standard InChI is InChI=1S/C11H19N3O/c1-3-5-10(15-4-2)11(12)9-8-13-6-7-14-9/h6-8,10-11H,3-5,12H2,1-2H3. The molecule has 0 aromatic carbocycles. The van der Waals surface area contributed by atoms with E-state index in [0.29, 0.717) is 6.61 Å². The molecule has 0 radical (unpaired) electrons. The van der Waals surface area contributed by atoms with Crippen LogP contribution >= 0.6 is 0 Å². The van der Waals surface area contributed by atoms with E-state index in [0.717, 1.165) is 18.5 Å². The SMILES string of the molecule is CCCC(OCC)C(N)c1cnccn1. The molecule has 0 aliphatic carbocycles. The molecule has 0 saturated heterocycles. The molecule has 0 aliphatic rings. The molecule has 4 heteroatoms. The zero-order chi connectivity index (χ0) is 11.1. The van der Waals surface area contributed by atoms with E-state index in [-0.39, 0.29) is 12.1 Å². The summed E-state index contributed by atoms with van der Waals surface area (Å²) >= 11 is 0. The molecule has 0 spiro atoms. The first-order valence-corrected chi connectivity index (χ1v) is 5.42. The topological polar surface area (TPSA) is 61.0 Å². The van der Waals surface area contributed by atoms with Gasteiger partial charge >= 0.3 is 0 Å². The van der Waals surface area contributed by atoms with Gasteiger partial charge in [0, 0.05) is 19.0 Å². The molecule has 1 aromatic rings. The van der Waals surface area contributed by atoms with Crippen molar-refractivity contribution in [1.29, 1.82) is 0 Å². The van der Waals surface area contributed by atoms with Crippen LogP contribution in [0.1, 0.15) is 38.4 Å². The minimum atomic E-state index is -0.182. The van der Waals surface area contributed by atoms with Crippen molar-refractivity contribution in [3.05, 3.63) is 24.3 Å². The van der Waals surface area contributed by atoms with Crippen LogP contribution in [0.5, 0.6) is 0 Å². The molecule has 1 heterocycles. The van der Waals surface area contributed by atoms with Crippen LogP contribution in [0.15, 0.2) is 18.6 Å². The fourth-order valence-corrected chi connectivity index (χ4v) is 1.54. The second-order valence-corrected chi connectivity index (χ2v) is 3.44. The first-order valence-electron chi connectivity index (χ1n) is 5.42. The van der Waals surface area contributed by atoms with Crippen LogP contribution in [0, 0.1) is 0 Å². The summed E-state index contributed by atoms with van der Waals surface area (Å²) in [5.41, 5.74) is 6.88. The summed E-state index contributed by atoms with van der Waals surface area (Å²) in [6.45, 7) is 4.78. The highest BCUT2D eigenvalue weighted by molar-refractivity contribution is 5.03. The van der Waals surface area contributed by atoms with Crippen molar-refractivity contribution < 1.29 is 4.74 Å². The minimum Gasteiger partial charge on any atom is -0.376 e. The van der Waals surface area contributed by atoms with Gasteiger partial charge in [0.15, 0.2) is 0 Å². The lowest BCUT2D eigenvalue weighted by Crippen LogP contribution is -2.29. The first kappa shape index (κ1) is 12.1. The summed E-state index contributed by atoms with van der Waals surface area (Å²) in [7, 11) is 0. The Balaban J connectivity index is 2.67. The summed E-state index contributed by atoms with van der Waals surface area (Å²) in [5, 5.41) is 0. The lowest BCUT2D eigenvalue weighted by atomic mass is 10.0. The zero-order valence-corrected chi connectivity index (χ0v) is 9.39. The van der Waals surface area contributed by atoms with Gasteiger partial charge in [-0.05, 0) is 13.3 Å². The van der Waals surface area contributed by atoms with E-state index < -0.39 is 0 Å². The fourth-order valence-electron chi connectivity index (χ4n) is 1.54. The van der Waals surface area contributed by atoms with Gasteiger partial charge in [0.2, 0.25) is 0 Å². The normalized spacial score (nSPS) is 14.9. The number of nitrogens with two attached hydrogens (primary N) is 1. The van der Waals surface area contributed by atoms with Gasteiger partial charge in [-0.2, -0.15) is 0 Å². The Morgan fingerprint density at radius 1 is 1.40 bits per heavy atom. The van der Waals surface area contributed by atoms with Gasteiger partial charge in [-0.25, -0.2) is 0 Å². The highest BCUT2D eigenvalue weighted by atomic mass is 16.5. The van der Waals surface area contributed by atoms with E-state index >= 15 is 0 Å². The van der Waals surface area contributed by atoms with Crippen LogP contribution in [0.4, 0.5) is 0 Å². The second-order valence-electron chi connectivity index (χ2n) is 3.44. The van der Waals surface area contributed by atoms with Gasteiger partial charge in [0.05, 0.1) is 24.0 Å². The van der Waals surface area contributed by atoms with Crippen molar-refractivity contribution in [3.63, 3.8) is 0 Å². The highest BCUT2D eigenvalue weighted by Gasteiger charge is 2.19. The van der Waals surface area contributed by atoms with Gasteiger partial charge in [-0.15, -0.1) is 0 Å². The molecule has 0 saturated carbocycles. The number of hydrogen-bond acceptors (Lipinski definition) is 4. The molecular weight excluding hydrogens is 190 g/mol. The summed E-state index contributed by atoms with van der Waals surface area (Å²) in [5.74, 6) is 0. The van der Waals surface area contributed by atoms with E-state index in [1.807, 2.05) is 6.92 Å². The van der Waals surface area contributed by atoms with Crippen molar-refractivity contribution >= 4 is 0 Å². The van der Waals surface area contributed by atoms with E-state index in [2.05, 4.69) is 16.9 Å². The molecule has 1 aromatic heterocycles. The van der Waals surface area contributed by atoms with Gasteiger partial charge in [-0.1, -0.05) is 13.3 Å². The van der Waals surface area contributed by atoms with Crippen LogP contribution in [-0.4, -0.2) is 22.7 Å². The van der Waals surface area contributed by atoms with Crippen molar-refractivity contribution in [1.82, 2.24) is 9.97 Å². The molecule has 2 N–H and O–H groups in total.